The number of aliphatic hydroxyl groups is 1. The Hall–Kier alpha value is -2.24. The fourth-order valence-corrected chi connectivity index (χ4v) is 4.07. The van der Waals surface area contributed by atoms with Crippen molar-refractivity contribution in [3.05, 3.63) is 94.2 Å². The largest absolute Gasteiger partial charge is 0.383 e. The molecule has 0 aliphatic heterocycles. The Morgan fingerprint density at radius 1 is 0.852 bits per heavy atom. The van der Waals surface area contributed by atoms with Gasteiger partial charge in [0, 0.05) is 39.1 Å². The highest BCUT2D eigenvalue weighted by Gasteiger charge is 2.24. The lowest BCUT2D eigenvalue weighted by Crippen LogP contribution is -2.02. The second kappa shape index (κ2) is 7.79. The molecule has 1 atom stereocenters. The van der Waals surface area contributed by atoms with Gasteiger partial charge in [-0.2, -0.15) is 4.37 Å². The summed E-state index contributed by atoms with van der Waals surface area (Å²) in [7, 11) is 0. The molecular weight excluding hydrogens is 399 g/mol. The Morgan fingerprint density at radius 3 is 2.07 bits per heavy atom. The van der Waals surface area contributed by atoms with E-state index >= 15 is 0 Å². The average molecular weight is 413 g/mol. The Balaban J connectivity index is 1.89. The lowest BCUT2D eigenvalue weighted by molar-refractivity contribution is 0.221. The first-order chi connectivity index (χ1) is 13.1. The van der Waals surface area contributed by atoms with Crippen molar-refractivity contribution in [1.82, 2.24) is 9.36 Å². The molecule has 2 aromatic carbocycles. The third kappa shape index (κ3) is 3.75. The number of aliphatic hydroxyl groups excluding tert-OH is 1. The molecule has 2 heterocycles. The van der Waals surface area contributed by atoms with Crippen molar-refractivity contribution in [3.63, 3.8) is 0 Å². The van der Waals surface area contributed by atoms with E-state index < -0.39 is 6.10 Å². The Labute approximate surface area is 171 Å². The number of hydrogen-bond donors (Lipinski definition) is 1. The van der Waals surface area contributed by atoms with E-state index in [1.807, 2.05) is 60.7 Å². The van der Waals surface area contributed by atoms with Crippen LogP contribution in [-0.4, -0.2) is 14.5 Å². The van der Waals surface area contributed by atoms with Gasteiger partial charge in [-0.1, -0.05) is 53.5 Å². The van der Waals surface area contributed by atoms with Crippen LogP contribution in [0.25, 0.3) is 21.7 Å². The molecule has 0 aliphatic carbocycles. The minimum Gasteiger partial charge on any atom is -0.383 e. The van der Waals surface area contributed by atoms with Gasteiger partial charge < -0.3 is 5.11 Å². The molecular formula is C21H14Cl2N2OS. The molecule has 1 unspecified atom stereocenters. The minimum absolute atomic E-state index is 0.654. The van der Waals surface area contributed by atoms with E-state index in [4.69, 9.17) is 23.2 Å². The van der Waals surface area contributed by atoms with Crippen LogP contribution in [0.3, 0.4) is 0 Å². The van der Waals surface area contributed by atoms with Gasteiger partial charge in [0.05, 0.1) is 10.6 Å². The van der Waals surface area contributed by atoms with Crippen LogP contribution in [0.5, 0.6) is 0 Å². The summed E-state index contributed by atoms with van der Waals surface area (Å²) >= 11 is 13.4. The predicted molar refractivity (Wildman–Crippen MR) is 111 cm³/mol. The van der Waals surface area contributed by atoms with Gasteiger partial charge in [-0.15, -0.1) is 0 Å². The molecule has 0 amide bonds. The van der Waals surface area contributed by atoms with Crippen LogP contribution in [0.2, 0.25) is 10.0 Å². The van der Waals surface area contributed by atoms with Crippen molar-refractivity contribution in [2.24, 2.45) is 0 Å². The SMILES string of the molecule is OC(c1cccnc1)c1c(-c2ccc(Cl)cc2)nsc1-c1ccc(Cl)cc1. The monoisotopic (exact) mass is 412 g/mol. The van der Waals surface area contributed by atoms with Crippen molar-refractivity contribution < 1.29 is 5.11 Å². The Kier molecular flexibility index (Phi) is 5.23. The zero-order chi connectivity index (χ0) is 18.8. The first kappa shape index (κ1) is 18.1. The van der Waals surface area contributed by atoms with Crippen molar-refractivity contribution in [2.45, 2.75) is 6.10 Å². The van der Waals surface area contributed by atoms with E-state index in [0.717, 1.165) is 27.3 Å². The van der Waals surface area contributed by atoms with Gasteiger partial charge >= 0.3 is 0 Å². The lowest BCUT2D eigenvalue weighted by atomic mass is 9.95. The zero-order valence-corrected chi connectivity index (χ0v) is 16.3. The second-order valence-electron chi connectivity index (χ2n) is 5.98. The molecule has 0 spiro atoms. The molecule has 0 saturated heterocycles. The van der Waals surface area contributed by atoms with E-state index in [2.05, 4.69) is 9.36 Å². The van der Waals surface area contributed by atoms with Crippen LogP contribution in [0.1, 0.15) is 17.2 Å². The third-order valence-corrected chi connectivity index (χ3v) is 5.64. The molecule has 4 aromatic rings. The predicted octanol–water partition coefficient (Wildman–Crippen LogP) is 6.26. The number of hydrogen-bond acceptors (Lipinski definition) is 4. The molecule has 0 radical (unpaired) electrons. The van der Waals surface area contributed by atoms with Gasteiger partial charge in [0.25, 0.3) is 0 Å². The summed E-state index contributed by atoms with van der Waals surface area (Å²) in [5, 5.41) is 12.5. The molecule has 0 bridgehead atoms. The van der Waals surface area contributed by atoms with Crippen LogP contribution in [0.15, 0.2) is 73.1 Å². The minimum atomic E-state index is -0.853. The fraction of sp³-hybridized carbons (Fsp3) is 0.0476. The maximum atomic E-state index is 11.1. The maximum Gasteiger partial charge on any atom is 0.109 e. The second-order valence-corrected chi connectivity index (χ2v) is 7.62. The third-order valence-electron chi connectivity index (χ3n) is 4.23. The van der Waals surface area contributed by atoms with Gasteiger partial charge in [0.2, 0.25) is 0 Å². The standard InChI is InChI=1S/C21H14Cl2N2OS/c22-16-7-3-13(4-8-16)19-18(20(26)15-2-1-11-24-12-15)21(27-25-19)14-5-9-17(23)10-6-14/h1-12,20,26H. The summed E-state index contributed by atoms with van der Waals surface area (Å²) < 4.78 is 4.65. The summed E-state index contributed by atoms with van der Waals surface area (Å²) in [6, 6.07) is 18.6. The molecule has 2 aromatic heterocycles. The summed E-state index contributed by atoms with van der Waals surface area (Å²) in [5.74, 6) is 0. The molecule has 27 heavy (non-hydrogen) atoms. The van der Waals surface area contributed by atoms with Crippen LogP contribution < -0.4 is 0 Å². The molecule has 1 N–H and O–H groups in total. The highest BCUT2D eigenvalue weighted by atomic mass is 35.5. The topological polar surface area (TPSA) is 46.0 Å². The summed E-state index contributed by atoms with van der Waals surface area (Å²) in [6.45, 7) is 0. The number of pyridine rings is 1. The van der Waals surface area contributed by atoms with E-state index in [-0.39, 0.29) is 0 Å². The highest BCUT2D eigenvalue weighted by molar-refractivity contribution is 7.10. The summed E-state index contributed by atoms with van der Waals surface area (Å²) in [4.78, 5) is 5.03. The quantitative estimate of drug-likeness (QED) is 0.430. The van der Waals surface area contributed by atoms with Crippen molar-refractivity contribution >= 4 is 34.7 Å². The zero-order valence-electron chi connectivity index (χ0n) is 14.0. The smallest absolute Gasteiger partial charge is 0.109 e. The highest BCUT2D eigenvalue weighted by Crippen LogP contribution is 2.41. The van der Waals surface area contributed by atoms with Crippen molar-refractivity contribution in [2.75, 3.05) is 0 Å². The molecule has 134 valence electrons. The number of nitrogens with zero attached hydrogens (tertiary/aromatic N) is 2. The number of benzene rings is 2. The molecule has 6 heteroatoms. The Bertz CT molecular complexity index is 985. The van der Waals surface area contributed by atoms with Crippen LogP contribution >= 0.6 is 34.7 Å². The van der Waals surface area contributed by atoms with Gasteiger partial charge in [-0.25, -0.2) is 0 Å². The van der Waals surface area contributed by atoms with Crippen LogP contribution in [0, 0.1) is 0 Å². The molecule has 0 aliphatic rings. The number of rotatable bonds is 4. The maximum absolute atomic E-state index is 11.1. The van der Waals surface area contributed by atoms with E-state index in [9.17, 15) is 5.11 Å². The Morgan fingerprint density at radius 2 is 1.48 bits per heavy atom. The average Bonchev–Trinajstić information content (AvgIpc) is 3.14. The van der Waals surface area contributed by atoms with E-state index in [1.165, 1.54) is 11.5 Å². The number of halogens is 2. The molecule has 3 nitrogen and oxygen atoms in total. The fourth-order valence-electron chi connectivity index (χ4n) is 2.88. The van der Waals surface area contributed by atoms with E-state index in [0.29, 0.717) is 15.6 Å². The van der Waals surface area contributed by atoms with Gasteiger partial charge in [0.1, 0.15) is 6.10 Å². The van der Waals surface area contributed by atoms with Crippen molar-refractivity contribution in [1.29, 1.82) is 0 Å². The van der Waals surface area contributed by atoms with Crippen LogP contribution in [0.4, 0.5) is 0 Å². The normalized spacial score (nSPS) is 12.1. The van der Waals surface area contributed by atoms with Gasteiger partial charge in [0.15, 0.2) is 0 Å². The van der Waals surface area contributed by atoms with Gasteiger partial charge in [-0.3, -0.25) is 4.98 Å². The lowest BCUT2D eigenvalue weighted by Gasteiger charge is -2.14. The molecule has 0 saturated carbocycles. The van der Waals surface area contributed by atoms with Gasteiger partial charge in [-0.05, 0) is 47.4 Å². The molecule has 0 fully saturated rings. The van der Waals surface area contributed by atoms with Crippen molar-refractivity contribution in [3.8, 4) is 21.7 Å². The first-order valence-corrected chi connectivity index (χ1v) is 9.76. The summed E-state index contributed by atoms with van der Waals surface area (Å²) in [6.07, 6.45) is 2.50. The molecule has 4 rings (SSSR count). The summed E-state index contributed by atoms with van der Waals surface area (Å²) in [5.41, 5.74) is 4.04. The van der Waals surface area contributed by atoms with Crippen LogP contribution in [-0.2, 0) is 0 Å². The van der Waals surface area contributed by atoms with E-state index in [1.54, 1.807) is 12.4 Å². The number of aromatic nitrogens is 2. The first-order valence-electron chi connectivity index (χ1n) is 8.23.